The Labute approximate surface area is 303 Å². The number of aromatic nitrogens is 4. The number of carbonyl (C=O) groups is 3. The zero-order valence-electron chi connectivity index (χ0n) is 29.8. The van der Waals surface area contributed by atoms with E-state index >= 15 is 0 Å². The molecule has 0 radical (unpaired) electrons. The van der Waals surface area contributed by atoms with E-state index in [2.05, 4.69) is 22.2 Å². The average Bonchev–Trinajstić information content (AvgIpc) is 3.62. The van der Waals surface area contributed by atoms with E-state index < -0.39 is 5.97 Å². The number of benzene rings is 2. The first kappa shape index (κ1) is 35.1. The maximum atomic E-state index is 13.7. The SMILES string of the molecule is Cc1c(NC(=O)c2nc3c(n2C)CCN(CC2CCC(C(=O)O)CC2)C3)cccc1-c1cccc(CC(=O)c2nc3c(n2C)CCN(C)C3)c1Cl. The molecule has 1 fully saturated rings. The Balaban J connectivity index is 1.04. The number of likely N-dealkylation sites (N-methyl/N-ethyl adjacent to an activating group) is 1. The standard InChI is InChI=1S/C39H46ClN7O4/c1-23-27(28-9-5-7-26(35(28)40)19-34(48)36-41-30-21-44(2)17-15-32(30)45(36)3)8-6-10-29(23)43-38(49)37-42-31-22-47(18-16-33(31)46(37)4)20-24-11-13-25(14-12-24)39(50)51/h5-10,24-25H,11-22H2,1-4H3,(H,43,49)(H,50,51). The summed E-state index contributed by atoms with van der Waals surface area (Å²) in [6.45, 7) is 6.13. The van der Waals surface area contributed by atoms with E-state index in [0.29, 0.717) is 34.8 Å². The Kier molecular flexibility index (Phi) is 9.88. The van der Waals surface area contributed by atoms with E-state index in [9.17, 15) is 19.5 Å². The van der Waals surface area contributed by atoms with Crippen molar-refractivity contribution >= 4 is 34.9 Å². The molecule has 1 saturated carbocycles. The number of halogens is 1. The summed E-state index contributed by atoms with van der Waals surface area (Å²) in [4.78, 5) is 52.7. The zero-order valence-corrected chi connectivity index (χ0v) is 30.6. The molecule has 0 atom stereocenters. The lowest BCUT2D eigenvalue weighted by atomic mass is 9.81. The molecule has 268 valence electrons. The molecule has 2 aromatic carbocycles. The number of carboxylic acids is 1. The Morgan fingerprint density at radius 2 is 1.51 bits per heavy atom. The number of fused-ring (bicyclic) bond motifs is 2. The van der Waals surface area contributed by atoms with Gasteiger partial charge in [-0.25, -0.2) is 9.97 Å². The number of hydrogen-bond donors (Lipinski definition) is 2. The van der Waals surface area contributed by atoms with Crippen molar-refractivity contribution < 1.29 is 19.5 Å². The summed E-state index contributed by atoms with van der Waals surface area (Å²) in [6, 6.07) is 11.5. The third kappa shape index (κ3) is 6.99. The van der Waals surface area contributed by atoms with Gasteiger partial charge in [0.05, 0.1) is 22.3 Å². The van der Waals surface area contributed by atoms with Crippen molar-refractivity contribution in [3.63, 3.8) is 0 Å². The molecule has 0 saturated heterocycles. The molecular weight excluding hydrogens is 666 g/mol. The molecule has 1 aliphatic carbocycles. The van der Waals surface area contributed by atoms with Crippen molar-refractivity contribution in [2.75, 3.05) is 32.0 Å². The highest BCUT2D eigenvalue weighted by Gasteiger charge is 2.31. The van der Waals surface area contributed by atoms with Gasteiger partial charge in [0.15, 0.2) is 11.6 Å². The smallest absolute Gasteiger partial charge is 0.306 e. The summed E-state index contributed by atoms with van der Waals surface area (Å²) in [5.74, 6) is 0.0868. The molecule has 4 aromatic rings. The highest BCUT2D eigenvalue weighted by Crippen LogP contribution is 2.36. The first-order valence-corrected chi connectivity index (χ1v) is 18.3. The molecule has 12 heteroatoms. The normalized spacial score (nSPS) is 19.4. The van der Waals surface area contributed by atoms with E-state index in [0.717, 1.165) is 110 Å². The molecule has 4 heterocycles. The Bertz CT molecular complexity index is 2010. The summed E-state index contributed by atoms with van der Waals surface area (Å²) >= 11 is 7.02. The Hall–Kier alpha value is -4.32. The summed E-state index contributed by atoms with van der Waals surface area (Å²) in [6.07, 6.45) is 5.18. The largest absolute Gasteiger partial charge is 0.481 e. The Morgan fingerprint density at radius 1 is 0.863 bits per heavy atom. The maximum absolute atomic E-state index is 13.7. The van der Waals surface area contributed by atoms with Gasteiger partial charge in [0.2, 0.25) is 5.78 Å². The third-order valence-electron chi connectivity index (χ3n) is 11.2. The molecule has 2 aliphatic heterocycles. The summed E-state index contributed by atoms with van der Waals surface area (Å²) in [7, 11) is 5.88. The van der Waals surface area contributed by atoms with Gasteiger partial charge in [0.1, 0.15) is 0 Å². The number of nitrogens with one attached hydrogen (secondary N) is 1. The van der Waals surface area contributed by atoms with Crippen molar-refractivity contribution in [1.82, 2.24) is 28.9 Å². The number of ketones is 1. The molecule has 7 rings (SSSR count). The molecular formula is C39H46ClN7O4. The molecule has 2 aromatic heterocycles. The summed E-state index contributed by atoms with van der Waals surface area (Å²) in [5, 5.41) is 13.0. The quantitative estimate of drug-likeness (QED) is 0.212. The molecule has 1 amide bonds. The van der Waals surface area contributed by atoms with Gasteiger partial charge >= 0.3 is 5.97 Å². The molecule has 3 aliphatic rings. The number of aliphatic carboxylic acids is 1. The topological polar surface area (TPSA) is 126 Å². The first-order valence-electron chi connectivity index (χ1n) is 17.9. The summed E-state index contributed by atoms with van der Waals surface area (Å²) in [5.41, 5.74) is 8.00. The minimum atomic E-state index is -0.675. The molecule has 2 N–H and O–H groups in total. The molecule has 0 spiro atoms. The van der Waals surface area contributed by atoms with Gasteiger partial charge in [-0.05, 0) is 68.3 Å². The van der Waals surface area contributed by atoms with Crippen LogP contribution in [0, 0.1) is 18.8 Å². The van der Waals surface area contributed by atoms with Crippen LogP contribution in [-0.4, -0.2) is 78.4 Å². The van der Waals surface area contributed by atoms with Gasteiger partial charge in [-0.3, -0.25) is 19.3 Å². The highest BCUT2D eigenvalue weighted by molar-refractivity contribution is 6.34. The van der Waals surface area contributed by atoms with Gasteiger partial charge in [-0.15, -0.1) is 0 Å². The van der Waals surface area contributed by atoms with Crippen LogP contribution in [0.2, 0.25) is 5.02 Å². The second kappa shape index (κ2) is 14.4. The fourth-order valence-electron chi connectivity index (χ4n) is 8.22. The monoisotopic (exact) mass is 711 g/mol. The summed E-state index contributed by atoms with van der Waals surface area (Å²) < 4.78 is 3.84. The lowest BCUT2D eigenvalue weighted by Gasteiger charge is -2.33. The molecule has 0 unspecified atom stereocenters. The van der Waals surface area contributed by atoms with Crippen molar-refractivity contribution in [3.05, 3.63) is 87.0 Å². The first-order chi connectivity index (χ1) is 24.5. The second-order valence-electron chi connectivity index (χ2n) is 14.6. The van der Waals surface area contributed by atoms with E-state index in [4.69, 9.17) is 21.6 Å². The van der Waals surface area contributed by atoms with Crippen LogP contribution in [0.15, 0.2) is 36.4 Å². The van der Waals surface area contributed by atoms with Crippen LogP contribution in [-0.2, 0) is 51.2 Å². The van der Waals surface area contributed by atoms with E-state index in [1.54, 1.807) is 0 Å². The zero-order chi connectivity index (χ0) is 36.0. The molecule has 11 nitrogen and oxygen atoms in total. The van der Waals surface area contributed by atoms with Crippen molar-refractivity contribution in [1.29, 1.82) is 0 Å². The Morgan fingerprint density at radius 3 is 2.25 bits per heavy atom. The number of carbonyl (C=O) groups excluding carboxylic acids is 2. The van der Waals surface area contributed by atoms with Crippen LogP contribution in [0.1, 0.15) is 80.8 Å². The predicted octanol–water partition coefficient (Wildman–Crippen LogP) is 5.70. The van der Waals surface area contributed by atoms with Crippen molar-refractivity contribution in [2.24, 2.45) is 25.9 Å². The number of carboxylic acid groups (broad SMARTS) is 1. The van der Waals surface area contributed by atoms with Gasteiger partial charge in [-0.1, -0.05) is 41.9 Å². The fraction of sp³-hybridized carbons (Fsp3) is 0.462. The number of imidazole rings is 2. The number of nitrogens with zero attached hydrogens (tertiary/aromatic N) is 6. The van der Waals surface area contributed by atoms with Crippen LogP contribution >= 0.6 is 11.6 Å². The van der Waals surface area contributed by atoms with Crippen molar-refractivity contribution in [3.8, 4) is 11.1 Å². The minimum Gasteiger partial charge on any atom is -0.481 e. The number of anilines is 1. The van der Waals surface area contributed by atoms with Gasteiger partial charge in [-0.2, -0.15) is 0 Å². The third-order valence-corrected chi connectivity index (χ3v) is 11.7. The maximum Gasteiger partial charge on any atom is 0.306 e. The number of rotatable bonds is 9. The van der Waals surface area contributed by atoms with Gasteiger partial charge < -0.3 is 24.5 Å². The van der Waals surface area contributed by atoms with E-state index in [1.165, 1.54) is 0 Å². The van der Waals surface area contributed by atoms with Gasteiger partial charge in [0, 0.05) is 88.7 Å². The van der Waals surface area contributed by atoms with Crippen LogP contribution in [0.4, 0.5) is 5.69 Å². The van der Waals surface area contributed by atoms with Crippen LogP contribution < -0.4 is 5.32 Å². The molecule has 0 bridgehead atoms. The van der Waals surface area contributed by atoms with Gasteiger partial charge in [0.25, 0.3) is 5.91 Å². The second-order valence-corrected chi connectivity index (χ2v) is 15.0. The number of hydrogen-bond acceptors (Lipinski definition) is 7. The van der Waals surface area contributed by atoms with E-state index in [1.807, 2.05) is 66.6 Å². The van der Waals surface area contributed by atoms with Crippen molar-refractivity contribution in [2.45, 2.75) is 65.0 Å². The van der Waals surface area contributed by atoms with E-state index in [-0.39, 0.29) is 24.0 Å². The lowest BCUT2D eigenvalue weighted by Crippen LogP contribution is -2.36. The highest BCUT2D eigenvalue weighted by atomic mass is 35.5. The predicted molar refractivity (Wildman–Crippen MR) is 196 cm³/mol. The van der Waals surface area contributed by atoms with Crippen LogP contribution in [0.25, 0.3) is 11.1 Å². The molecule has 51 heavy (non-hydrogen) atoms. The lowest BCUT2D eigenvalue weighted by molar-refractivity contribution is -0.143. The van der Waals surface area contributed by atoms with Crippen LogP contribution in [0.3, 0.4) is 0 Å². The average molecular weight is 712 g/mol. The fourth-order valence-corrected chi connectivity index (χ4v) is 8.52. The number of Topliss-reactive ketones (excluding diaryl/α,β-unsaturated/α-hetero) is 1. The van der Waals surface area contributed by atoms with Crippen LogP contribution in [0.5, 0.6) is 0 Å². The minimum absolute atomic E-state index is 0.0740. The number of amides is 1.